The van der Waals surface area contributed by atoms with Crippen molar-refractivity contribution in [2.45, 2.75) is 57.5 Å². The molecular formula is C21H29N5O. The molecule has 6 heteroatoms. The molecule has 2 saturated heterocycles. The van der Waals surface area contributed by atoms with E-state index in [2.05, 4.69) is 26.2 Å². The van der Waals surface area contributed by atoms with Crippen LogP contribution in [-0.2, 0) is 4.79 Å². The molecule has 1 atom stereocenters. The van der Waals surface area contributed by atoms with Crippen LogP contribution in [-0.4, -0.2) is 54.1 Å². The summed E-state index contributed by atoms with van der Waals surface area (Å²) in [6.45, 7) is 5.81. The van der Waals surface area contributed by atoms with E-state index < -0.39 is 0 Å². The van der Waals surface area contributed by atoms with Gasteiger partial charge in [-0.25, -0.2) is 4.98 Å². The molecule has 0 radical (unpaired) electrons. The van der Waals surface area contributed by atoms with E-state index in [9.17, 15) is 10.1 Å². The monoisotopic (exact) mass is 367 g/mol. The first kappa shape index (κ1) is 18.2. The lowest BCUT2D eigenvalue weighted by Gasteiger charge is -2.42. The minimum Gasteiger partial charge on any atom is -0.355 e. The fourth-order valence-electron chi connectivity index (χ4n) is 4.41. The van der Waals surface area contributed by atoms with E-state index in [0.29, 0.717) is 17.6 Å². The highest BCUT2D eigenvalue weighted by molar-refractivity contribution is 5.79. The van der Waals surface area contributed by atoms with Crippen LogP contribution in [0.1, 0.15) is 49.8 Å². The molecule has 2 aliphatic heterocycles. The number of piperidine rings is 2. The number of likely N-dealkylation sites (tertiary alicyclic amines) is 1. The summed E-state index contributed by atoms with van der Waals surface area (Å²) in [5, 5.41) is 12.6. The Bertz CT molecular complexity index is 731. The highest BCUT2D eigenvalue weighted by Crippen LogP contribution is 2.28. The summed E-state index contributed by atoms with van der Waals surface area (Å²) in [6, 6.07) is 7.03. The first-order valence-electron chi connectivity index (χ1n) is 10.3. The average Bonchev–Trinajstić information content (AvgIpc) is 3.52. The number of nitriles is 1. The molecule has 3 fully saturated rings. The van der Waals surface area contributed by atoms with Crippen LogP contribution < -0.4 is 10.2 Å². The first-order valence-corrected chi connectivity index (χ1v) is 10.3. The minimum atomic E-state index is 0.154. The van der Waals surface area contributed by atoms with Gasteiger partial charge in [-0.1, -0.05) is 0 Å². The quantitative estimate of drug-likeness (QED) is 0.883. The van der Waals surface area contributed by atoms with E-state index in [0.717, 1.165) is 76.2 Å². The number of carbonyl (C=O) groups is 1. The molecule has 4 rings (SSSR count). The summed E-state index contributed by atoms with van der Waals surface area (Å²) in [6.07, 6.45) is 6.57. The second-order valence-corrected chi connectivity index (χ2v) is 8.27. The number of hydrogen-bond donors (Lipinski definition) is 1. The van der Waals surface area contributed by atoms with E-state index >= 15 is 0 Å². The number of hydrogen-bond acceptors (Lipinski definition) is 5. The van der Waals surface area contributed by atoms with Crippen molar-refractivity contribution in [3.8, 4) is 6.07 Å². The van der Waals surface area contributed by atoms with Crippen molar-refractivity contribution in [2.24, 2.45) is 5.92 Å². The number of aromatic nitrogens is 1. The number of carbonyl (C=O) groups excluding carboxylic acids is 1. The Hall–Kier alpha value is -2.13. The maximum Gasteiger partial charge on any atom is 0.224 e. The van der Waals surface area contributed by atoms with Crippen LogP contribution >= 0.6 is 0 Å². The van der Waals surface area contributed by atoms with Crippen molar-refractivity contribution in [2.75, 3.05) is 31.1 Å². The summed E-state index contributed by atoms with van der Waals surface area (Å²) in [5.41, 5.74) is 1.61. The van der Waals surface area contributed by atoms with Crippen LogP contribution in [0.15, 0.2) is 12.1 Å². The Balaban J connectivity index is 1.34. The van der Waals surface area contributed by atoms with Gasteiger partial charge in [0.15, 0.2) is 0 Å². The molecule has 0 bridgehead atoms. The molecule has 0 aromatic carbocycles. The molecule has 1 aromatic rings. The van der Waals surface area contributed by atoms with Gasteiger partial charge < -0.3 is 10.2 Å². The van der Waals surface area contributed by atoms with Gasteiger partial charge in [0.2, 0.25) is 5.91 Å². The lowest BCUT2D eigenvalue weighted by Crippen LogP contribution is -2.51. The number of rotatable bonds is 4. The van der Waals surface area contributed by atoms with Crippen LogP contribution in [0, 0.1) is 24.2 Å². The zero-order chi connectivity index (χ0) is 18.8. The van der Waals surface area contributed by atoms with Crippen LogP contribution in [0.5, 0.6) is 0 Å². The molecule has 0 spiro atoms. The number of amides is 1. The van der Waals surface area contributed by atoms with Crippen molar-refractivity contribution >= 4 is 11.7 Å². The van der Waals surface area contributed by atoms with E-state index in [1.165, 1.54) is 0 Å². The third kappa shape index (κ3) is 4.24. The maximum absolute atomic E-state index is 12.4. The highest BCUT2D eigenvalue weighted by atomic mass is 16.2. The van der Waals surface area contributed by atoms with Gasteiger partial charge in [0.25, 0.3) is 0 Å². The highest BCUT2D eigenvalue weighted by Gasteiger charge is 2.34. The van der Waals surface area contributed by atoms with Gasteiger partial charge in [0.1, 0.15) is 11.9 Å². The third-order valence-electron chi connectivity index (χ3n) is 6.16. The molecule has 6 nitrogen and oxygen atoms in total. The van der Waals surface area contributed by atoms with Gasteiger partial charge in [0.05, 0.1) is 11.5 Å². The topological polar surface area (TPSA) is 72.3 Å². The third-order valence-corrected chi connectivity index (χ3v) is 6.16. The molecule has 1 N–H and O–H groups in total. The number of nitrogens with one attached hydrogen (secondary N) is 1. The molecule has 3 heterocycles. The first-order chi connectivity index (χ1) is 13.1. The lowest BCUT2D eigenvalue weighted by molar-refractivity contribution is -0.127. The Morgan fingerprint density at radius 1 is 1.19 bits per heavy atom. The van der Waals surface area contributed by atoms with Crippen molar-refractivity contribution < 1.29 is 4.79 Å². The van der Waals surface area contributed by atoms with Gasteiger partial charge >= 0.3 is 0 Å². The summed E-state index contributed by atoms with van der Waals surface area (Å²) in [4.78, 5) is 21.8. The molecular weight excluding hydrogens is 338 g/mol. The van der Waals surface area contributed by atoms with Gasteiger partial charge in [-0.05, 0) is 64.1 Å². The zero-order valence-electron chi connectivity index (χ0n) is 16.2. The van der Waals surface area contributed by atoms with Crippen molar-refractivity contribution in [1.82, 2.24) is 15.2 Å². The predicted octanol–water partition coefficient (Wildman–Crippen LogP) is 2.22. The van der Waals surface area contributed by atoms with Gasteiger partial charge in [-0.2, -0.15) is 5.26 Å². The van der Waals surface area contributed by atoms with Crippen molar-refractivity contribution in [1.29, 1.82) is 5.26 Å². The molecule has 144 valence electrons. The predicted molar refractivity (Wildman–Crippen MR) is 104 cm³/mol. The Morgan fingerprint density at radius 3 is 2.67 bits per heavy atom. The normalized spacial score (nSPS) is 24.4. The Labute approximate surface area is 161 Å². The van der Waals surface area contributed by atoms with E-state index in [1.54, 1.807) is 0 Å². The van der Waals surface area contributed by atoms with Crippen LogP contribution in [0.3, 0.4) is 0 Å². The van der Waals surface area contributed by atoms with E-state index in [1.807, 2.05) is 19.1 Å². The summed E-state index contributed by atoms with van der Waals surface area (Å²) < 4.78 is 0. The molecule has 1 saturated carbocycles. The largest absolute Gasteiger partial charge is 0.355 e. The molecule has 27 heavy (non-hydrogen) atoms. The smallest absolute Gasteiger partial charge is 0.224 e. The lowest BCUT2D eigenvalue weighted by atomic mass is 9.93. The summed E-state index contributed by atoms with van der Waals surface area (Å²) in [7, 11) is 0. The molecule has 1 amide bonds. The van der Waals surface area contributed by atoms with Gasteiger partial charge in [0, 0.05) is 37.4 Å². The van der Waals surface area contributed by atoms with Crippen LogP contribution in [0.2, 0.25) is 0 Å². The summed E-state index contributed by atoms with van der Waals surface area (Å²) >= 11 is 0. The van der Waals surface area contributed by atoms with E-state index in [4.69, 9.17) is 0 Å². The SMILES string of the molecule is Cc1ccc(C#N)c(N2CCC(N3CCCC(C(=O)NC4CC4)C3)CC2)n1. The molecule has 1 aromatic heterocycles. The molecule has 3 aliphatic rings. The van der Waals surface area contributed by atoms with Gasteiger partial charge in [-0.15, -0.1) is 0 Å². The zero-order valence-corrected chi connectivity index (χ0v) is 16.2. The second kappa shape index (κ2) is 7.85. The van der Waals surface area contributed by atoms with Gasteiger partial charge in [-0.3, -0.25) is 9.69 Å². The number of nitrogens with zero attached hydrogens (tertiary/aromatic N) is 4. The van der Waals surface area contributed by atoms with Crippen LogP contribution in [0.25, 0.3) is 0 Å². The summed E-state index contributed by atoms with van der Waals surface area (Å²) in [5.74, 6) is 1.25. The van der Waals surface area contributed by atoms with Crippen LogP contribution in [0.4, 0.5) is 5.82 Å². The Morgan fingerprint density at radius 2 is 1.96 bits per heavy atom. The average molecular weight is 367 g/mol. The van der Waals surface area contributed by atoms with Crippen molar-refractivity contribution in [3.63, 3.8) is 0 Å². The van der Waals surface area contributed by atoms with Crippen molar-refractivity contribution in [3.05, 3.63) is 23.4 Å². The Kier molecular flexibility index (Phi) is 5.31. The number of aryl methyl sites for hydroxylation is 1. The fourth-order valence-corrected chi connectivity index (χ4v) is 4.41. The standard InChI is InChI=1S/C21H29N5O/c1-15-4-5-16(13-22)20(23-15)25-11-8-19(9-12-25)26-10-2-3-17(14-26)21(27)24-18-6-7-18/h4-5,17-19H,2-3,6-12,14H2,1H3,(H,24,27). The molecule has 1 aliphatic carbocycles. The molecule has 1 unspecified atom stereocenters. The second-order valence-electron chi connectivity index (χ2n) is 8.27. The fraction of sp³-hybridized carbons (Fsp3) is 0.667. The number of anilines is 1. The van der Waals surface area contributed by atoms with E-state index in [-0.39, 0.29) is 11.8 Å². The minimum absolute atomic E-state index is 0.154. The maximum atomic E-state index is 12.4. The number of pyridine rings is 1.